The van der Waals surface area contributed by atoms with Gasteiger partial charge in [-0.05, 0) is 62.0 Å². The summed E-state index contributed by atoms with van der Waals surface area (Å²) in [7, 11) is 2.75. The van der Waals surface area contributed by atoms with Gasteiger partial charge in [-0.3, -0.25) is 0 Å². The van der Waals surface area contributed by atoms with Crippen molar-refractivity contribution in [2.24, 2.45) is 0 Å². The highest BCUT2D eigenvalue weighted by atomic mass is 79.9. The summed E-state index contributed by atoms with van der Waals surface area (Å²) in [5, 5.41) is 0.636. The number of carbonyl (C=O) groups excluding carboxylic acids is 2. The van der Waals surface area contributed by atoms with E-state index in [9.17, 15) is 9.59 Å². The van der Waals surface area contributed by atoms with Gasteiger partial charge in [-0.1, -0.05) is 40.2 Å². The number of aryl methyl sites for hydroxylation is 1. The number of halogens is 3. The maximum Gasteiger partial charge on any atom is 0.339 e. The third kappa shape index (κ3) is 5.94. The standard InChI is InChI=1S/C9H8Br2O2.C9H9BrO2/c1-13-9(12)8-6(5-10)3-2-4-7(8)11;1-6-4-3-5-7(10)8(6)9(11)12-2/h2-4H,5H2,1H3;3-5H,1-2H3. The van der Waals surface area contributed by atoms with Crippen molar-refractivity contribution in [2.75, 3.05) is 14.2 Å². The molecule has 0 radical (unpaired) electrons. The number of rotatable bonds is 3. The number of alkyl halides is 1. The summed E-state index contributed by atoms with van der Waals surface area (Å²) in [6, 6.07) is 11.2. The second-order valence-corrected chi connectivity index (χ2v) is 7.09. The van der Waals surface area contributed by atoms with Crippen LogP contribution in [-0.4, -0.2) is 26.2 Å². The third-order valence-electron chi connectivity index (χ3n) is 3.24. The normalized spacial score (nSPS) is 9.68. The Morgan fingerprint density at radius 1 is 0.880 bits per heavy atom. The Kier molecular flexibility index (Phi) is 9.38. The number of carbonyl (C=O) groups is 2. The van der Waals surface area contributed by atoms with Crippen LogP contribution in [0.5, 0.6) is 0 Å². The van der Waals surface area contributed by atoms with Gasteiger partial charge in [0.15, 0.2) is 0 Å². The average molecular weight is 537 g/mol. The molecule has 0 bridgehead atoms. The van der Waals surface area contributed by atoms with E-state index < -0.39 is 0 Å². The molecule has 0 saturated carbocycles. The van der Waals surface area contributed by atoms with Crippen LogP contribution >= 0.6 is 47.8 Å². The average Bonchev–Trinajstić information content (AvgIpc) is 2.61. The molecule has 0 aliphatic carbocycles. The topological polar surface area (TPSA) is 52.6 Å². The zero-order valence-electron chi connectivity index (χ0n) is 13.9. The molecule has 2 aromatic rings. The first-order valence-corrected chi connectivity index (χ1v) is 9.83. The Bertz CT molecular complexity index is 740. The van der Waals surface area contributed by atoms with E-state index >= 15 is 0 Å². The minimum atomic E-state index is -0.318. The third-order valence-corrected chi connectivity index (χ3v) is 5.17. The largest absolute Gasteiger partial charge is 0.465 e. The molecule has 2 rings (SSSR count). The number of esters is 2. The first kappa shape index (κ1) is 21.9. The Balaban J connectivity index is 0.000000251. The van der Waals surface area contributed by atoms with E-state index in [-0.39, 0.29) is 11.9 Å². The van der Waals surface area contributed by atoms with E-state index in [1.54, 1.807) is 0 Å². The minimum Gasteiger partial charge on any atom is -0.465 e. The lowest BCUT2D eigenvalue weighted by atomic mass is 10.1. The molecule has 0 atom stereocenters. The predicted octanol–water partition coefficient (Wildman–Crippen LogP) is 5.67. The lowest BCUT2D eigenvalue weighted by Gasteiger charge is -2.06. The summed E-state index contributed by atoms with van der Waals surface area (Å²) in [6.45, 7) is 1.87. The van der Waals surface area contributed by atoms with Crippen LogP contribution in [0.2, 0.25) is 0 Å². The van der Waals surface area contributed by atoms with Gasteiger partial charge in [-0.25, -0.2) is 9.59 Å². The van der Waals surface area contributed by atoms with Crippen molar-refractivity contribution in [2.45, 2.75) is 12.3 Å². The van der Waals surface area contributed by atoms with Crippen molar-refractivity contribution >= 4 is 59.7 Å². The summed E-state index contributed by atoms with van der Waals surface area (Å²) in [5.74, 6) is -0.623. The van der Waals surface area contributed by atoms with Crippen LogP contribution in [0, 0.1) is 6.92 Å². The second kappa shape index (κ2) is 10.7. The molecule has 0 unspecified atom stereocenters. The molecule has 0 amide bonds. The number of methoxy groups -OCH3 is 2. The molecular formula is C18H17Br3O4. The van der Waals surface area contributed by atoms with Crippen LogP contribution in [0.3, 0.4) is 0 Å². The molecule has 0 aliphatic heterocycles. The Hall–Kier alpha value is -1.18. The quantitative estimate of drug-likeness (QED) is 0.374. The van der Waals surface area contributed by atoms with Gasteiger partial charge in [0.1, 0.15) is 0 Å². The van der Waals surface area contributed by atoms with Gasteiger partial charge in [0.05, 0.1) is 25.3 Å². The minimum absolute atomic E-state index is 0.306. The van der Waals surface area contributed by atoms with Gasteiger partial charge in [0.25, 0.3) is 0 Å². The monoisotopic (exact) mass is 534 g/mol. The van der Waals surface area contributed by atoms with Gasteiger partial charge in [-0.2, -0.15) is 0 Å². The highest BCUT2D eigenvalue weighted by Gasteiger charge is 2.14. The summed E-state index contributed by atoms with van der Waals surface area (Å²) in [5.41, 5.74) is 3.01. The van der Waals surface area contributed by atoms with Gasteiger partial charge >= 0.3 is 11.9 Å². The van der Waals surface area contributed by atoms with Crippen LogP contribution in [-0.2, 0) is 14.8 Å². The zero-order chi connectivity index (χ0) is 19.0. The number of hydrogen-bond donors (Lipinski definition) is 0. The van der Waals surface area contributed by atoms with Gasteiger partial charge in [0.2, 0.25) is 0 Å². The van der Waals surface area contributed by atoms with Crippen molar-refractivity contribution in [3.8, 4) is 0 Å². The van der Waals surface area contributed by atoms with E-state index in [1.165, 1.54) is 14.2 Å². The molecule has 0 fully saturated rings. The molecule has 134 valence electrons. The second-order valence-electron chi connectivity index (χ2n) is 4.82. The van der Waals surface area contributed by atoms with Crippen molar-refractivity contribution in [3.63, 3.8) is 0 Å². The number of benzene rings is 2. The van der Waals surface area contributed by atoms with Crippen LogP contribution in [0.4, 0.5) is 0 Å². The highest BCUT2D eigenvalue weighted by molar-refractivity contribution is 9.11. The number of hydrogen-bond acceptors (Lipinski definition) is 4. The van der Waals surface area contributed by atoms with Gasteiger partial charge in [0, 0.05) is 14.3 Å². The maximum atomic E-state index is 11.3. The van der Waals surface area contributed by atoms with Crippen LogP contribution in [0.25, 0.3) is 0 Å². The molecule has 4 nitrogen and oxygen atoms in total. The molecule has 7 heteroatoms. The molecule has 0 saturated heterocycles. The summed E-state index contributed by atoms with van der Waals surface area (Å²) in [4.78, 5) is 22.5. The summed E-state index contributed by atoms with van der Waals surface area (Å²) >= 11 is 9.91. The Labute approximate surface area is 172 Å². The maximum absolute atomic E-state index is 11.3. The molecule has 0 spiro atoms. The fourth-order valence-electron chi connectivity index (χ4n) is 2.00. The highest BCUT2D eigenvalue weighted by Crippen LogP contribution is 2.23. The molecule has 0 heterocycles. The molecule has 2 aromatic carbocycles. The van der Waals surface area contributed by atoms with Crippen molar-refractivity contribution in [1.29, 1.82) is 0 Å². The van der Waals surface area contributed by atoms with Crippen LogP contribution in [0.1, 0.15) is 31.8 Å². The van der Waals surface area contributed by atoms with E-state index in [0.29, 0.717) is 16.5 Å². The van der Waals surface area contributed by atoms with Crippen molar-refractivity contribution < 1.29 is 19.1 Å². The van der Waals surface area contributed by atoms with E-state index in [1.807, 2.05) is 43.3 Å². The Morgan fingerprint density at radius 3 is 1.84 bits per heavy atom. The molecular weight excluding hydrogens is 520 g/mol. The van der Waals surface area contributed by atoms with Gasteiger partial charge in [-0.15, -0.1) is 0 Å². The summed E-state index contributed by atoms with van der Waals surface area (Å²) < 4.78 is 10.8. The summed E-state index contributed by atoms with van der Waals surface area (Å²) in [6.07, 6.45) is 0. The molecule has 25 heavy (non-hydrogen) atoms. The van der Waals surface area contributed by atoms with E-state index in [2.05, 4.69) is 57.3 Å². The Morgan fingerprint density at radius 2 is 1.36 bits per heavy atom. The van der Waals surface area contributed by atoms with E-state index in [4.69, 9.17) is 0 Å². The molecule has 0 aromatic heterocycles. The fourth-order valence-corrected chi connectivity index (χ4v) is 3.67. The first-order chi connectivity index (χ1) is 11.9. The van der Waals surface area contributed by atoms with Crippen molar-refractivity contribution in [1.82, 2.24) is 0 Å². The number of ether oxygens (including phenoxy) is 2. The first-order valence-electron chi connectivity index (χ1n) is 7.12. The van der Waals surface area contributed by atoms with E-state index in [0.717, 1.165) is 20.1 Å². The fraction of sp³-hybridized carbons (Fsp3) is 0.222. The zero-order valence-corrected chi connectivity index (χ0v) is 18.7. The predicted molar refractivity (Wildman–Crippen MR) is 108 cm³/mol. The SMILES string of the molecule is COC(=O)c1c(Br)cccc1CBr.COC(=O)c1c(C)cccc1Br. The van der Waals surface area contributed by atoms with Crippen molar-refractivity contribution in [3.05, 3.63) is 67.6 Å². The molecule has 0 aliphatic rings. The lowest BCUT2D eigenvalue weighted by molar-refractivity contribution is 0.0590. The van der Waals surface area contributed by atoms with Gasteiger partial charge < -0.3 is 9.47 Å². The lowest BCUT2D eigenvalue weighted by Crippen LogP contribution is -2.05. The van der Waals surface area contributed by atoms with Crippen LogP contribution in [0.15, 0.2) is 45.3 Å². The smallest absolute Gasteiger partial charge is 0.339 e. The molecule has 0 N–H and O–H groups in total. The van der Waals surface area contributed by atoms with Crippen LogP contribution < -0.4 is 0 Å².